The highest BCUT2D eigenvalue weighted by Crippen LogP contribution is 2.43. The number of nitrogens with zero attached hydrogens (tertiary/aromatic N) is 5. The molecule has 5 aliphatic rings. The molecule has 3 aliphatic heterocycles. The lowest BCUT2D eigenvalue weighted by Gasteiger charge is -2.37. The summed E-state index contributed by atoms with van der Waals surface area (Å²) in [5.41, 5.74) is 10.0. The van der Waals surface area contributed by atoms with Crippen molar-refractivity contribution in [3.8, 4) is 28.1 Å². The number of fused-ring (bicyclic) bond motifs is 6. The van der Waals surface area contributed by atoms with Crippen LogP contribution in [0, 0.1) is 17.3 Å². The number of nitrogens with one attached hydrogen (secondary N) is 3. The van der Waals surface area contributed by atoms with Crippen LogP contribution in [0.25, 0.3) is 33.3 Å². The van der Waals surface area contributed by atoms with E-state index in [0.29, 0.717) is 37.3 Å². The molecule has 16 heteroatoms. The van der Waals surface area contributed by atoms with Crippen molar-refractivity contribution in [2.45, 2.75) is 148 Å². The third kappa shape index (κ3) is 10.8. The number of rotatable bonds is 12. The van der Waals surface area contributed by atoms with E-state index >= 15 is 4.79 Å². The van der Waals surface area contributed by atoms with E-state index in [2.05, 4.69) is 79.5 Å². The zero-order valence-corrected chi connectivity index (χ0v) is 43.2. The Bertz CT molecular complexity index is 2760. The Morgan fingerprint density at radius 3 is 2.44 bits per heavy atom. The van der Waals surface area contributed by atoms with E-state index in [1.165, 1.54) is 21.7 Å². The zero-order chi connectivity index (χ0) is 51.2. The van der Waals surface area contributed by atoms with Crippen molar-refractivity contribution < 1.29 is 38.2 Å². The molecule has 0 radical (unpaired) electrons. The molecule has 2 aromatic heterocycles. The van der Waals surface area contributed by atoms with Gasteiger partial charge in [-0.3, -0.25) is 44.1 Å². The van der Waals surface area contributed by atoms with Crippen molar-refractivity contribution in [3.05, 3.63) is 71.5 Å². The second kappa shape index (κ2) is 20.8. The van der Waals surface area contributed by atoms with Crippen LogP contribution in [0.15, 0.2) is 54.7 Å². The fraction of sp³-hybridized carbons (Fsp3) is 0.554. The molecule has 3 N–H and O–H groups in total. The summed E-state index contributed by atoms with van der Waals surface area (Å²) in [6.45, 7) is 12.8. The molecule has 2 aromatic carbocycles. The van der Waals surface area contributed by atoms with Crippen LogP contribution in [0.1, 0.15) is 116 Å². The number of carbonyl (C=O) groups is 6. The van der Waals surface area contributed by atoms with Gasteiger partial charge in [0, 0.05) is 74.6 Å². The van der Waals surface area contributed by atoms with E-state index in [9.17, 15) is 24.0 Å². The molecule has 2 saturated heterocycles. The van der Waals surface area contributed by atoms with Gasteiger partial charge in [0.25, 0.3) is 5.91 Å². The number of esters is 2. The summed E-state index contributed by atoms with van der Waals surface area (Å²) in [6.07, 6.45) is 8.76. The lowest BCUT2D eigenvalue weighted by atomic mass is 9.83. The first-order chi connectivity index (χ1) is 34.4. The molecule has 72 heavy (non-hydrogen) atoms. The number of benzene rings is 2. The average molecular weight is 985 g/mol. The van der Waals surface area contributed by atoms with Crippen molar-refractivity contribution in [2.24, 2.45) is 17.3 Å². The van der Waals surface area contributed by atoms with Gasteiger partial charge in [-0.15, -0.1) is 0 Å². The molecule has 4 aromatic rings. The Morgan fingerprint density at radius 1 is 0.972 bits per heavy atom. The summed E-state index contributed by atoms with van der Waals surface area (Å²) in [7, 11) is 3.23. The highest BCUT2D eigenvalue weighted by Gasteiger charge is 2.52. The number of hydrogen-bond donors (Lipinski definition) is 3. The SMILES string of the molecule is CCn1c(-c2cccnc2C(C)C)c2c3cc(ccc31)-c1cc(cc(OC(C)=O)c1)C[C@H](NC(=O)[C@H](C1CCCC1)N(C)C(=O)CN(C)C(=O)[C@@H]1N[C@@H]1C1CC1)C(=O)N1CCC[C@H](N1)C(=O)OCC(C)(C)C2. The van der Waals surface area contributed by atoms with E-state index in [4.69, 9.17) is 14.5 Å². The zero-order valence-electron chi connectivity index (χ0n) is 43.2. The number of hydrazine groups is 1. The Kier molecular flexibility index (Phi) is 14.7. The van der Waals surface area contributed by atoms with Gasteiger partial charge in [-0.1, -0.05) is 52.7 Å². The normalized spacial score (nSPS) is 22.8. The lowest BCUT2D eigenvalue weighted by Crippen LogP contribution is -2.62. The van der Waals surface area contributed by atoms with Crippen molar-refractivity contribution in [3.63, 3.8) is 0 Å². The van der Waals surface area contributed by atoms with E-state index < -0.39 is 47.3 Å². The maximum atomic E-state index is 15.0. The van der Waals surface area contributed by atoms with Gasteiger partial charge in [0.1, 0.15) is 29.9 Å². The molecule has 4 fully saturated rings. The number of aryl methyl sites for hydroxylation is 1. The molecule has 9 rings (SSSR count). The predicted molar refractivity (Wildman–Crippen MR) is 273 cm³/mol. The van der Waals surface area contributed by atoms with Gasteiger partial charge in [0.15, 0.2) is 0 Å². The van der Waals surface area contributed by atoms with Gasteiger partial charge in [-0.2, -0.15) is 0 Å². The summed E-state index contributed by atoms with van der Waals surface area (Å²) in [5, 5.41) is 8.81. The van der Waals surface area contributed by atoms with Crippen molar-refractivity contribution >= 4 is 46.5 Å². The quantitative estimate of drug-likeness (QED) is 0.0818. The number of aromatic nitrogens is 2. The molecular weight excluding hydrogens is 913 g/mol. The number of amides is 4. The first-order valence-electron chi connectivity index (χ1n) is 26.2. The minimum absolute atomic E-state index is 0.0141. The topological polar surface area (TPSA) is 194 Å². The summed E-state index contributed by atoms with van der Waals surface area (Å²) in [4.78, 5) is 91.9. The molecule has 6 bridgehead atoms. The molecule has 5 heterocycles. The molecule has 0 unspecified atom stereocenters. The van der Waals surface area contributed by atoms with Crippen LogP contribution in [0.3, 0.4) is 0 Å². The number of cyclic esters (lactones) is 1. The summed E-state index contributed by atoms with van der Waals surface area (Å²) in [5.74, 6) is -1.68. The number of likely N-dealkylation sites (N-methyl/N-ethyl adjacent to an activating group) is 2. The second-order valence-electron chi connectivity index (χ2n) is 22.1. The maximum absolute atomic E-state index is 15.0. The number of ether oxygens (including phenoxy) is 2. The number of pyridine rings is 1. The Morgan fingerprint density at radius 2 is 1.74 bits per heavy atom. The lowest BCUT2D eigenvalue weighted by molar-refractivity contribution is -0.155. The average Bonchev–Trinajstić information content (AvgIpc) is 4.28. The molecule has 0 spiro atoms. The van der Waals surface area contributed by atoms with Crippen LogP contribution >= 0.6 is 0 Å². The Hall–Kier alpha value is -6.13. The van der Waals surface area contributed by atoms with Gasteiger partial charge < -0.3 is 29.2 Å². The monoisotopic (exact) mass is 985 g/mol. The highest BCUT2D eigenvalue weighted by molar-refractivity contribution is 5.97. The molecule has 4 amide bonds. The van der Waals surface area contributed by atoms with Crippen molar-refractivity contribution in [1.29, 1.82) is 0 Å². The molecule has 2 saturated carbocycles. The number of carbonyl (C=O) groups excluding carboxylic acids is 6. The summed E-state index contributed by atoms with van der Waals surface area (Å²) >= 11 is 0. The van der Waals surface area contributed by atoms with Crippen LogP contribution in [0.2, 0.25) is 0 Å². The second-order valence-corrected chi connectivity index (χ2v) is 22.1. The Balaban J connectivity index is 1.11. The number of hydrogen-bond acceptors (Lipinski definition) is 11. The van der Waals surface area contributed by atoms with Crippen LogP contribution in [0.5, 0.6) is 5.75 Å². The molecule has 384 valence electrons. The Labute approximate surface area is 422 Å². The third-order valence-corrected chi connectivity index (χ3v) is 15.4. The van der Waals surface area contributed by atoms with Crippen LogP contribution in [-0.2, 0) is 52.9 Å². The van der Waals surface area contributed by atoms with E-state index in [0.717, 1.165) is 83.1 Å². The summed E-state index contributed by atoms with van der Waals surface area (Å²) in [6, 6.07) is 12.9. The third-order valence-electron chi connectivity index (χ3n) is 15.4. The largest absolute Gasteiger partial charge is 0.464 e. The van der Waals surface area contributed by atoms with Crippen LogP contribution < -0.4 is 20.8 Å². The smallest absolute Gasteiger partial charge is 0.324 e. The van der Waals surface area contributed by atoms with E-state index in [-0.39, 0.29) is 67.6 Å². The van der Waals surface area contributed by atoms with Crippen molar-refractivity contribution in [2.75, 3.05) is 33.8 Å². The molecular formula is C56H72N8O8. The van der Waals surface area contributed by atoms with Crippen LogP contribution in [0.4, 0.5) is 0 Å². The highest BCUT2D eigenvalue weighted by atomic mass is 16.5. The fourth-order valence-corrected chi connectivity index (χ4v) is 11.6. The standard InChI is InChI=1S/C56H72N8O8/c1-9-63-45-21-20-37-28-41(45)42(51(63)40-16-12-22-57-47(40)32(2)3)29-56(5,6)31-71-55(70)43-17-13-23-64(60-43)53(68)44(26-34-24-38(37)27-39(25-34)72-33(4)65)58-52(67)50(36-14-10-11-15-36)62(8)46(66)30-61(7)54(69)49-48(59-49)35-18-19-35/h12,16,20-22,24-25,27-28,32,35-36,43-44,48-50,59-60H,9-11,13-15,17-19,23,26,29-31H2,1-8H3,(H,58,67)/t43-,44-,48+,49+,50-/m0/s1. The van der Waals surface area contributed by atoms with Gasteiger partial charge in [0.2, 0.25) is 17.7 Å². The van der Waals surface area contributed by atoms with Gasteiger partial charge >= 0.3 is 11.9 Å². The van der Waals surface area contributed by atoms with Crippen molar-refractivity contribution in [1.82, 2.24) is 40.4 Å². The van der Waals surface area contributed by atoms with E-state index in [1.54, 1.807) is 20.2 Å². The first-order valence-corrected chi connectivity index (χ1v) is 26.2. The molecule has 16 nitrogen and oxygen atoms in total. The van der Waals surface area contributed by atoms with Crippen LogP contribution in [-0.4, -0.2) is 124 Å². The molecule has 5 atom stereocenters. The fourth-order valence-electron chi connectivity index (χ4n) is 11.6. The van der Waals surface area contributed by atoms with E-state index in [1.807, 2.05) is 24.4 Å². The molecule has 2 aliphatic carbocycles. The van der Waals surface area contributed by atoms with Gasteiger partial charge in [-0.25, -0.2) is 5.43 Å². The predicted octanol–water partition coefficient (Wildman–Crippen LogP) is 6.31. The first kappa shape index (κ1) is 50.8. The summed E-state index contributed by atoms with van der Waals surface area (Å²) < 4.78 is 14.3. The maximum Gasteiger partial charge on any atom is 0.324 e. The van der Waals surface area contributed by atoms with Gasteiger partial charge in [0.05, 0.1) is 24.5 Å². The minimum atomic E-state index is -1.18. The minimum Gasteiger partial charge on any atom is -0.464 e. The van der Waals surface area contributed by atoms with Gasteiger partial charge in [-0.05, 0) is 128 Å².